The highest BCUT2D eigenvalue weighted by molar-refractivity contribution is 5.94. The molecule has 0 bridgehead atoms. The molecule has 0 saturated carbocycles. The summed E-state index contributed by atoms with van der Waals surface area (Å²) in [5, 5.41) is 0. The van der Waals surface area contributed by atoms with Crippen LogP contribution in [0.25, 0.3) is 0 Å². The van der Waals surface area contributed by atoms with Gasteiger partial charge in [0.1, 0.15) is 12.2 Å². The van der Waals surface area contributed by atoms with E-state index in [-0.39, 0.29) is 18.2 Å². The zero-order valence-corrected chi connectivity index (χ0v) is 7.82. The maximum Gasteiger partial charge on any atom is 0.339 e. The van der Waals surface area contributed by atoms with Crippen LogP contribution in [0.4, 0.5) is 0 Å². The van der Waals surface area contributed by atoms with E-state index in [1.165, 1.54) is 0 Å². The third-order valence-electron chi connectivity index (χ3n) is 2.72. The molecule has 2 heterocycles. The zero-order chi connectivity index (χ0) is 9.71. The molecule has 1 saturated heterocycles. The molecule has 0 N–H and O–H groups in total. The maximum absolute atomic E-state index is 11.3. The second-order valence-electron chi connectivity index (χ2n) is 3.72. The number of hydrogen-bond acceptors (Lipinski definition) is 3. The minimum absolute atomic E-state index is 0.115. The van der Waals surface area contributed by atoms with Crippen LogP contribution < -0.4 is 0 Å². The van der Waals surface area contributed by atoms with Crippen molar-refractivity contribution in [3.05, 3.63) is 34.9 Å². The van der Waals surface area contributed by atoms with Crippen LogP contribution in [-0.2, 0) is 9.47 Å². The average Bonchev–Trinajstić information content (AvgIpc) is 2.96. The largest absolute Gasteiger partial charge is 0.454 e. The molecule has 0 amide bonds. The molecular weight excluding hydrogens is 180 g/mol. The van der Waals surface area contributed by atoms with E-state index >= 15 is 0 Å². The second kappa shape index (κ2) is 2.58. The van der Waals surface area contributed by atoms with Crippen molar-refractivity contribution in [2.24, 2.45) is 0 Å². The van der Waals surface area contributed by atoms with Crippen LogP contribution in [-0.4, -0.2) is 12.6 Å². The molecule has 2 unspecified atom stereocenters. The molecule has 1 aromatic carbocycles. The summed E-state index contributed by atoms with van der Waals surface area (Å²) in [4.78, 5) is 11.3. The van der Waals surface area contributed by atoms with Crippen LogP contribution >= 0.6 is 0 Å². The number of rotatable bonds is 1. The standard InChI is InChI=1S/C11H10O3/c1-6-9-4-7(10-5-13-10)2-3-8(9)11(12)14-6/h2-4,6,10H,5H2,1H3. The number of carbonyl (C=O) groups is 1. The van der Waals surface area contributed by atoms with Gasteiger partial charge in [0.05, 0.1) is 12.2 Å². The molecule has 14 heavy (non-hydrogen) atoms. The van der Waals surface area contributed by atoms with Crippen molar-refractivity contribution < 1.29 is 14.3 Å². The summed E-state index contributed by atoms with van der Waals surface area (Å²) in [6.07, 6.45) is 0.124. The van der Waals surface area contributed by atoms with Crippen molar-refractivity contribution in [1.29, 1.82) is 0 Å². The van der Waals surface area contributed by atoms with Crippen molar-refractivity contribution in [2.45, 2.75) is 19.1 Å². The zero-order valence-electron chi connectivity index (χ0n) is 7.82. The summed E-state index contributed by atoms with van der Waals surface area (Å²) in [6, 6.07) is 5.79. The first-order valence-corrected chi connectivity index (χ1v) is 4.72. The van der Waals surface area contributed by atoms with Gasteiger partial charge in [-0.15, -0.1) is 0 Å². The van der Waals surface area contributed by atoms with Gasteiger partial charge >= 0.3 is 5.97 Å². The number of carbonyl (C=O) groups excluding carboxylic acids is 1. The molecule has 3 heteroatoms. The van der Waals surface area contributed by atoms with Crippen molar-refractivity contribution in [3.8, 4) is 0 Å². The van der Waals surface area contributed by atoms with Crippen LogP contribution in [0.1, 0.15) is 40.6 Å². The molecule has 1 fully saturated rings. The van der Waals surface area contributed by atoms with Crippen molar-refractivity contribution in [2.75, 3.05) is 6.61 Å². The molecule has 2 atom stereocenters. The van der Waals surface area contributed by atoms with Gasteiger partial charge in [0.2, 0.25) is 0 Å². The van der Waals surface area contributed by atoms with E-state index in [0.717, 1.165) is 17.7 Å². The van der Waals surface area contributed by atoms with Crippen molar-refractivity contribution in [3.63, 3.8) is 0 Å². The van der Waals surface area contributed by atoms with Gasteiger partial charge < -0.3 is 9.47 Å². The highest BCUT2D eigenvalue weighted by atomic mass is 16.6. The number of benzene rings is 1. The first-order valence-electron chi connectivity index (χ1n) is 4.72. The van der Waals surface area contributed by atoms with Gasteiger partial charge in [0.15, 0.2) is 0 Å². The Labute approximate surface area is 81.6 Å². The summed E-state index contributed by atoms with van der Waals surface area (Å²) in [7, 11) is 0. The predicted molar refractivity (Wildman–Crippen MR) is 49.0 cm³/mol. The Bertz CT molecular complexity index is 407. The van der Waals surface area contributed by atoms with Crippen LogP contribution in [0.3, 0.4) is 0 Å². The first kappa shape index (κ1) is 8.00. The lowest BCUT2D eigenvalue weighted by Crippen LogP contribution is -1.94. The fourth-order valence-corrected chi connectivity index (χ4v) is 1.83. The number of hydrogen-bond donors (Lipinski definition) is 0. The molecule has 2 aliphatic rings. The van der Waals surface area contributed by atoms with E-state index in [0.29, 0.717) is 5.56 Å². The van der Waals surface area contributed by atoms with E-state index in [1.807, 2.05) is 25.1 Å². The minimum Gasteiger partial charge on any atom is -0.454 e. The van der Waals surface area contributed by atoms with E-state index < -0.39 is 0 Å². The quantitative estimate of drug-likeness (QED) is 0.502. The van der Waals surface area contributed by atoms with Crippen molar-refractivity contribution in [1.82, 2.24) is 0 Å². The lowest BCUT2D eigenvalue weighted by Gasteiger charge is -2.03. The number of fused-ring (bicyclic) bond motifs is 1. The lowest BCUT2D eigenvalue weighted by molar-refractivity contribution is 0.0422. The summed E-state index contributed by atoms with van der Waals surface area (Å²) in [5.74, 6) is -0.212. The third kappa shape index (κ3) is 1.06. The number of esters is 1. The molecule has 0 aromatic heterocycles. The Balaban J connectivity index is 2.09. The van der Waals surface area contributed by atoms with Gasteiger partial charge in [-0.1, -0.05) is 6.07 Å². The Kier molecular flexibility index (Phi) is 1.47. The highest BCUT2D eigenvalue weighted by Gasteiger charge is 2.31. The van der Waals surface area contributed by atoms with E-state index in [1.54, 1.807) is 0 Å². The summed E-state index contributed by atoms with van der Waals surface area (Å²) >= 11 is 0. The minimum atomic E-state index is -0.212. The maximum atomic E-state index is 11.3. The van der Waals surface area contributed by atoms with Crippen LogP contribution in [0, 0.1) is 0 Å². The Morgan fingerprint density at radius 3 is 2.93 bits per heavy atom. The molecule has 1 aromatic rings. The van der Waals surface area contributed by atoms with Gasteiger partial charge in [0.25, 0.3) is 0 Å². The van der Waals surface area contributed by atoms with E-state index in [9.17, 15) is 4.79 Å². The SMILES string of the molecule is CC1OC(=O)c2ccc(C3CO3)cc21. The lowest BCUT2D eigenvalue weighted by atomic mass is 10.0. The van der Waals surface area contributed by atoms with Crippen LogP contribution in [0.2, 0.25) is 0 Å². The smallest absolute Gasteiger partial charge is 0.339 e. The van der Waals surface area contributed by atoms with Crippen LogP contribution in [0.5, 0.6) is 0 Å². The van der Waals surface area contributed by atoms with Gasteiger partial charge in [-0.05, 0) is 24.6 Å². The predicted octanol–water partition coefficient (Wildman–Crippen LogP) is 1.99. The molecule has 0 spiro atoms. The summed E-state index contributed by atoms with van der Waals surface area (Å²) in [5.41, 5.74) is 2.83. The topological polar surface area (TPSA) is 38.8 Å². The van der Waals surface area contributed by atoms with Gasteiger partial charge in [-0.2, -0.15) is 0 Å². The molecule has 72 valence electrons. The van der Waals surface area contributed by atoms with Gasteiger partial charge in [-0.3, -0.25) is 0 Å². The first-order chi connectivity index (χ1) is 6.75. The number of epoxide rings is 1. The summed E-state index contributed by atoms with van der Waals surface area (Å²) in [6.45, 7) is 2.68. The monoisotopic (exact) mass is 190 g/mol. The highest BCUT2D eigenvalue weighted by Crippen LogP contribution is 2.36. The Morgan fingerprint density at radius 1 is 1.43 bits per heavy atom. The molecule has 3 rings (SSSR count). The fraction of sp³-hybridized carbons (Fsp3) is 0.364. The second-order valence-corrected chi connectivity index (χ2v) is 3.72. The average molecular weight is 190 g/mol. The van der Waals surface area contributed by atoms with Gasteiger partial charge in [-0.25, -0.2) is 4.79 Å². The van der Waals surface area contributed by atoms with Gasteiger partial charge in [0, 0.05) is 5.56 Å². The Morgan fingerprint density at radius 2 is 2.21 bits per heavy atom. The third-order valence-corrected chi connectivity index (χ3v) is 2.72. The van der Waals surface area contributed by atoms with E-state index in [2.05, 4.69) is 0 Å². The van der Waals surface area contributed by atoms with Crippen LogP contribution in [0.15, 0.2) is 18.2 Å². The normalized spacial score (nSPS) is 28.5. The number of ether oxygens (including phenoxy) is 2. The summed E-state index contributed by atoms with van der Waals surface area (Å²) < 4.78 is 10.3. The molecular formula is C11H10O3. The Hall–Kier alpha value is -1.35. The molecule has 0 radical (unpaired) electrons. The fourth-order valence-electron chi connectivity index (χ4n) is 1.83. The van der Waals surface area contributed by atoms with Crippen molar-refractivity contribution >= 4 is 5.97 Å². The number of cyclic esters (lactones) is 1. The van der Waals surface area contributed by atoms with E-state index in [4.69, 9.17) is 9.47 Å². The molecule has 2 aliphatic heterocycles. The molecule has 0 aliphatic carbocycles. The molecule has 3 nitrogen and oxygen atoms in total.